The lowest BCUT2D eigenvalue weighted by atomic mass is 10.0. The first kappa shape index (κ1) is 12.0. The smallest absolute Gasteiger partial charge is 0.155 e. The monoisotopic (exact) mass is 200 g/mol. The van der Waals surface area contributed by atoms with Crippen molar-refractivity contribution in [2.24, 2.45) is 0 Å². The van der Waals surface area contributed by atoms with Crippen molar-refractivity contribution < 1.29 is 9.47 Å². The zero-order chi connectivity index (χ0) is 10.4. The van der Waals surface area contributed by atoms with Gasteiger partial charge < -0.3 is 9.47 Å². The Morgan fingerprint density at radius 1 is 1.07 bits per heavy atom. The first-order valence-electron chi connectivity index (χ1n) is 6.03. The highest BCUT2D eigenvalue weighted by molar-refractivity contribution is 4.68. The Labute approximate surface area is 88.0 Å². The third-order valence-electron chi connectivity index (χ3n) is 2.78. The van der Waals surface area contributed by atoms with Crippen LogP contribution in [-0.2, 0) is 9.47 Å². The maximum atomic E-state index is 5.71. The van der Waals surface area contributed by atoms with Gasteiger partial charge in [-0.2, -0.15) is 0 Å². The lowest BCUT2D eigenvalue weighted by Gasteiger charge is -2.32. The minimum absolute atomic E-state index is 0.00470. The van der Waals surface area contributed by atoms with Gasteiger partial charge in [-0.25, -0.2) is 0 Å². The summed E-state index contributed by atoms with van der Waals surface area (Å²) in [5.41, 5.74) is 0. The van der Waals surface area contributed by atoms with Gasteiger partial charge >= 0.3 is 0 Å². The molecule has 0 aromatic heterocycles. The van der Waals surface area contributed by atoms with E-state index in [9.17, 15) is 0 Å². The minimum Gasteiger partial charge on any atom is -0.350 e. The average Bonchev–Trinajstić information content (AvgIpc) is 2.11. The van der Waals surface area contributed by atoms with E-state index in [0.29, 0.717) is 12.2 Å². The maximum absolute atomic E-state index is 5.71. The summed E-state index contributed by atoms with van der Waals surface area (Å²) < 4.78 is 11.2. The SMILES string of the molecule is CCCCCC[C@H]1C[C@H](C)OC(C)O1. The summed E-state index contributed by atoms with van der Waals surface area (Å²) in [6.07, 6.45) is 8.39. The summed E-state index contributed by atoms with van der Waals surface area (Å²) in [4.78, 5) is 0. The Kier molecular flexibility index (Phi) is 5.49. The normalized spacial score (nSPS) is 33.2. The molecule has 3 atom stereocenters. The zero-order valence-corrected chi connectivity index (χ0v) is 9.79. The molecule has 84 valence electrons. The second kappa shape index (κ2) is 6.41. The Bertz CT molecular complexity index is 137. The summed E-state index contributed by atoms with van der Waals surface area (Å²) in [6.45, 7) is 6.38. The van der Waals surface area contributed by atoms with Gasteiger partial charge in [0.1, 0.15) is 0 Å². The van der Waals surface area contributed by atoms with Crippen molar-refractivity contribution in [2.75, 3.05) is 0 Å². The summed E-state index contributed by atoms with van der Waals surface area (Å²) >= 11 is 0. The highest BCUT2D eigenvalue weighted by Gasteiger charge is 2.23. The van der Waals surface area contributed by atoms with Crippen LogP contribution in [0.4, 0.5) is 0 Å². The van der Waals surface area contributed by atoms with Crippen LogP contribution in [0, 0.1) is 0 Å². The van der Waals surface area contributed by atoms with Gasteiger partial charge in [0.05, 0.1) is 12.2 Å². The van der Waals surface area contributed by atoms with Gasteiger partial charge in [-0.1, -0.05) is 32.6 Å². The van der Waals surface area contributed by atoms with E-state index >= 15 is 0 Å². The highest BCUT2D eigenvalue weighted by atomic mass is 16.7. The van der Waals surface area contributed by atoms with Crippen molar-refractivity contribution >= 4 is 0 Å². The molecule has 0 spiro atoms. The fourth-order valence-corrected chi connectivity index (χ4v) is 2.10. The third-order valence-corrected chi connectivity index (χ3v) is 2.78. The molecule has 0 radical (unpaired) electrons. The van der Waals surface area contributed by atoms with Gasteiger partial charge in [0, 0.05) is 0 Å². The fraction of sp³-hybridized carbons (Fsp3) is 1.00. The second-order valence-electron chi connectivity index (χ2n) is 4.36. The third kappa shape index (κ3) is 4.43. The van der Waals surface area contributed by atoms with E-state index in [1.807, 2.05) is 6.92 Å². The molecule has 0 N–H and O–H groups in total. The molecule has 0 saturated carbocycles. The molecular weight excluding hydrogens is 176 g/mol. The standard InChI is InChI=1S/C12H24O2/c1-4-5-6-7-8-12-9-10(2)13-11(3)14-12/h10-12H,4-9H2,1-3H3/t10-,11?,12-/m0/s1. The van der Waals surface area contributed by atoms with Crippen LogP contribution in [0.2, 0.25) is 0 Å². The van der Waals surface area contributed by atoms with Crippen LogP contribution in [0.15, 0.2) is 0 Å². The second-order valence-corrected chi connectivity index (χ2v) is 4.36. The van der Waals surface area contributed by atoms with Crippen molar-refractivity contribution in [3.8, 4) is 0 Å². The molecule has 0 aromatic carbocycles. The van der Waals surface area contributed by atoms with E-state index in [1.165, 1.54) is 32.1 Å². The van der Waals surface area contributed by atoms with Crippen molar-refractivity contribution in [1.29, 1.82) is 0 Å². The van der Waals surface area contributed by atoms with Crippen molar-refractivity contribution in [1.82, 2.24) is 0 Å². The average molecular weight is 200 g/mol. The largest absolute Gasteiger partial charge is 0.350 e. The van der Waals surface area contributed by atoms with E-state index in [0.717, 1.165) is 6.42 Å². The Hall–Kier alpha value is -0.0800. The first-order chi connectivity index (χ1) is 6.72. The van der Waals surface area contributed by atoms with Gasteiger partial charge in [0.15, 0.2) is 6.29 Å². The molecule has 1 saturated heterocycles. The van der Waals surface area contributed by atoms with Crippen molar-refractivity contribution in [3.63, 3.8) is 0 Å². The topological polar surface area (TPSA) is 18.5 Å². The molecule has 0 aliphatic carbocycles. The lowest BCUT2D eigenvalue weighted by Crippen LogP contribution is -2.35. The minimum atomic E-state index is -0.00470. The lowest BCUT2D eigenvalue weighted by molar-refractivity contribution is -0.230. The molecule has 1 rings (SSSR count). The Morgan fingerprint density at radius 2 is 1.86 bits per heavy atom. The van der Waals surface area contributed by atoms with Crippen LogP contribution in [-0.4, -0.2) is 18.5 Å². The number of unbranched alkanes of at least 4 members (excludes halogenated alkanes) is 3. The van der Waals surface area contributed by atoms with E-state index < -0.39 is 0 Å². The van der Waals surface area contributed by atoms with E-state index in [4.69, 9.17) is 9.47 Å². The number of hydrogen-bond donors (Lipinski definition) is 0. The molecule has 1 fully saturated rings. The van der Waals surface area contributed by atoms with Crippen molar-refractivity contribution in [3.05, 3.63) is 0 Å². The van der Waals surface area contributed by atoms with Gasteiger partial charge in [0.2, 0.25) is 0 Å². The van der Waals surface area contributed by atoms with Crippen LogP contribution in [0.1, 0.15) is 59.3 Å². The van der Waals surface area contributed by atoms with Crippen LogP contribution >= 0.6 is 0 Å². The Balaban J connectivity index is 2.10. The number of ether oxygens (including phenoxy) is 2. The molecule has 1 aliphatic heterocycles. The van der Waals surface area contributed by atoms with Crippen LogP contribution in [0.5, 0.6) is 0 Å². The first-order valence-corrected chi connectivity index (χ1v) is 6.03. The molecule has 1 aliphatic rings. The van der Waals surface area contributed by atoms with E-state index in [-0.39, 0.29) is 6.29 Å². The van der Waals surface area contributed by atoms with E-state index in [2.05, 4.69) is 13.8 Å². The summed E-state index contributed by atoms with van der Waals surface area (Å²) in [5.74, 6) is 0. The van der Waals surface area contributed by atoms with Crippen molar-refractivity contribution in [2.45, 2.75) is 77.8 Å². The predicted octanol–water partition coefficient (Wildman–Crippen LogP) is 3.50. The number of rotatable bonds is 5. The van der Waals surface area contributed by atoms with Crippen LogP contribution in [0.25, 0.3) is 0 Å². The molecule has 2 nitrogen and oxygen atoms in total. The fourth-order valence-electron chi connectivity index (χ4n) is 2.10. The Morgan fingerprint density at radius 3 is 2.50 bits per heavy atom. The molecule has 1 heterocycles. The van der Waals surface area contributed by atoms with Gasteiger partial charge in [-0.3, -0.25) is 0 Å². The zero-order valence-electron chi connectivity index (χ0n) is 9.79. The maximum Gasteiger partial charge on any atom is 0.155 e. The van der Waals surface area contributed by atoms with Gasteiger partial charge in [0.25, 0.3) is 0 Å². The molecular formula is C12H24O2. The van der Waals surface area contributed by atoms with Gasteiger partial charge in [-0.15, -0.1) is 0 Å². The summed E-state index contributed by atoms with van der Waals surface area (Å²) in [6, 6.07) is 0. The molecule has 0 aromatic rings. The van der Waals surface area contributed by atoms with Crippen LogP contribution in [0.3, 0.4) is 0 Å². The van der Waals surface area contributed by atoms with E-state index in [1.54, 1.807) is 0 Å². The molecule has 0 amide bonds. The number of hydrogen-bond acceptors (Lipinski definition) is 2. The van der Waals surface area contributed by atoms with Crippen LogP contribution < -0.4 is 0 Å². The summed E-state index contributed by atoms with van der Waals surface area (Å²) in [7, 11) is 0. The molecule has 0 bridgehead atoms. The quantitative estimate of drug-likeness (QED) is 0.632. The highest BCUT2D eigenvalue weighted by Crippen LogP contribution is 2.22. The summed E-state index contributed by atoms with van der Waals surface area (Å²) in [5, 5.41) is 0. The predicted molar refractivity (Wildman–Crippen MR) is 58.3 cm³/mol. The molecule has 14 heavy (non-hydrogen) atoms. The molecule has 1 unspecified atom stereocenters. The molecule has 2 heteroatoms. The van der Waals surface area contributed by atoms with Gasteiger partial charge in [-0.05, 0) is 26.7 Å².